The van der Waals surface area contributed by atoms with E-state index in [1.54, 1.807) is 0 Å². The topological polar surface area (TPSA) is 9.23 Å². The van der Waals surface area contributed by atoms with Crippen LogP contribution in [0.4, 0.5) is 26.3 Å². The van der Waals surface area contributed by atoms with E-state index in [0.29, 0.717) is 12.8 Å². The summed E-state index contributed by atoms with van der Waals surface area (Å²) in [5.74, 6) is 0. The smallest absolute Gasteiger partial charge is 0.353 e. The maximum absolute atomic E-state index is 12.4. The van der Waals surface area contributed by atoms with Crippen LogP contribution in [0.25, 0.3) is 0 Å². The minimum atomic E-state index is -5.44. The lowest BCUT2D eigenvalue weighted by atomic mass is 9.86. The second-order valence-electron chi connectivity index (χ2n) is 4.46. The van der Waals surface area contributed by atoms with E-state index in [9.17, 15) is 26.3 Å². The minimum Gasteiger partial charge on any atom is -0.353 e. The normalized spacial score (nSPS) is 21.3. The van der Waals surface area contributed by atoms with Crippen molar-refractivity contribution in [1.29, 1.82) is 0 Å². The molecule has 0 bridgehead atoms. The molecule has 1 saturated carbocycles. The van der Waals surface area contributed by atoms with Crippen molar-refractivity contribution in [3.8, 4) is 0 Å². The van der Waals surface area contributed by atoms with Crippen molar-refractivity contribution in [2.24, 2.45) is 0 Å². The standard InChI is InChI=1S/C10H13BrF6O/c11-6-8(4-2-1-3-5-8)18-7(9(12,13)14)10(15,16)17/h7H,1-6H2. The van der Waals surface area contributed by atoms with Crippen LogP contribution < -0.4 is 0 Å². The first-order chi connectivity index (χ1) is 8.11. The fraction of sp³-hybridized carbons (Fsp3) is 1.00. The van der Waals surface area contributed by atoms with E-state index in [2.05, 4.69) is 20.7 Å². The molecule has 0 aliphatic heterocycles. The highest BCUT2D eigenvalue weighted by molar-refractivity contribution is 9.09. The van der Waals surface area contributed by atoms with Gasteiger partial charge in [0.2, 0.25) is 6.10 Å². The predicted octanol–water partition coefficient (Wildman–Crippen LogP) is 4.59. The van der Waals surface area contributed by atoms with E-state index in [1.807, 2.05) is 0 Å². The Morgan fingerprint density at radius 1 is 0.944 bits per heavy atom. The van der Waals surface area contributed by atoms with Gasteiger partial charge < -0.3 is 4.74 Å². The molecular weight excluding hydrogens is 330 g/mol. The molecule has 108 valence electrons. The molecule has 0 unspecified atom stereocenters. The summed E-state index contributed by atoms with van der Waals surface area (Å²) in [6.45, 7) is 0. The third-order valence-electron chi connectivity index (χ3n) is 2.97. The van der Waals surface area contributed by atoms with Crippen molar-refractivity contribution in [3.63, 3.8) is 0 Å². The van der Waals surface area contributed by atoms with Crippen LogP contribution in [0.5, 0.6) is 0 Å². The van der Waals surface area contributed by atoms with Crippen LogP contribution in [-0.2, 0) is 4.74 Å². The van der Waals surface area contributed by atoms with Gasteiger partial charge in [-0.1, -0.05) is 35.2 Å². The Hall–Kier alpha value is 0.0200. The number of hydrogen-bond donors (Lipinski definition) is 0. The van der Waals surface area contributed by atoms with Crippen molar-refractivity contribution in [2.75, 3.05) is 5.33 Å². The largest absolute Gasteiger partial charge is 0.423 e. The molecule has 8 heteroatoms. The van der Waals surface area contributed by atoms with E-state index in [4.69, 9.17) is 0 Å². The third kappa shape index (κ3) is 4.01. The van der Waals surface area contributed by atoms with Gasteiger partial charge >= 0.3 is 12.4 Å². The summed E-state index contributed by atoms with van der Waals surface area (Å²) < 4.78 is 79.0. The van der Waals surface area contributed by atoms with Crippen molar-refractivity contribution in [2.45, 2.75) is 56.2 Å². The Morgan fingerprint density at radius 2 is 1.39 bits per heavy atom. The summed E-state index contributed by atoms with van der Waals surface area (Å²) in [7, 11) is 0. The summed E-state index contributed by atoms with van der Waals surface area (Å²) in [4.78, 5) is 0. The molecule has 18 heavy (non-hydrogen) atoms. The van der Waals surface area contributed by atoms with E-state index in [1.165, 1.54) is 0 Å². The van der Waals surface area contributed by atoms with Gasteiger partial charge in [-0.15, -0.1) is 0 Å². The van der Waals surface area contributed by atoms with Crippen LogP contribution in [0.3, 0.4) is 0 Å². The number of rotatable bonds is 3. The summed E-state index contributed by atoms with van der Waals surface area (Å²) in [5.41, 5.74) is -1.37. The van der Waals surface area contributed by atoms with Crippen LogP contribution in [0.15, 0.2) is 0 Å². The van der Waals surface area contributed by atoms with Crippen LogP contribution in [0.1, 0.15) is 32.1 Å². The van der Waals surface area contributed by atoms with Gasteiger partial charge in [0, 0.05) is 5.33 Å². The fourth-order valence-corrected chi connectivity index (χ4v) is 2.74. The van der Waals surface area contributed by atoms with E-state index < -0.39 is 24.1 Å². The summed E-state index contributed by atoms with van der Waals surface area (Å²) in [6, 6.07) is 0. The lowest BCUT2D eigenvalue weighted by molar-refractivity contribution is -0.344. The van der Waals surface area contributed by atoms with E-state index in [-0.39, 0.29) is 18.2 Å². The lowest BCUT2D eigenvalue weighted by Gasteiger charge is -2.39. The molecule has 0 atom stereocenters. The van der Waals surface area contributed by atoms with Gasteiger partial charge in [-0.3, -0.25) is 0 Å². The van der Waals surface area contributed by atoms with Crippen molar-refractivity contribution in [1.82, 2.24) is 0 Å². The fourth-order valence-electron chi connectivity index (χ4n) is 2.05. The Balaban J connectivity index is 2.88. The van der Waals surface area contributed by atoms with Crippen LogP contribution >= 0.6 is 15.9 Å². The average molecular weight is 343 g/mol. The zero-order chi connectivity index (χ0) is 14.0. The Morgan fingerprint density at radius 3 is 1.72 bits per heavy atom. The Bertz CT molecular complexity index is 255. The van der Waals surface area contributed by atoms with Gasteiger partial charge in [0.1, 0.15) is 0 Å². The second-order valence-corrected chi connectivity index (χ2v) is 5.02. The highest BCUT2D eigenvalue weighted by Gasteiger charge is 2.60. The van der Waals surface area contributed by atoms with Gasteiger partial charge in [0.25, 0.3) is 0 Å². The first kappa shape index (κ1) is 16.1. The highest BCUT2D eigenvalue weighted by Crippen LogP contribution is 2.42. The molecule has 1 fully saturated rings. The number of halogens is 7. The van der Waals surface area contributed by atoms with Gasteiger partial charge in [-0.2, -0.15) is 26.3 Å². The molecule has 0 N–H and O–H groups in total. The molecule has 0 aromatic heterocycles. The highest BCUT2D eigenvalue weighted by atomic mass is 79.9. The van der Waals surface area contributed by atoms with Crippen LogP contribution in [0, 0.1) is 0 Å². The van der Waals surface area contributed by atoms with E-state index >= 15 is 0 Å². The summed E-state index contributed by atoms with van der Waals surface area (Å²) >= 11 is 2.97. The first-order valence-corrected chi connectivity index (χ1v) is 6.60. The molecule has 1 aliphatic rings. The second kappa shape index (κ2) is 5.56. The van der Waals surface area contributed by atoms with Gasteiger partial charge in [0.05, 0.1) is 5.60 Å². The molecule has 0 spiro atoms. The summed E-state index contributed by atoms with van der Waals surface area (Å²) in [5, 5.41) is -0.0251. The number of alkyl halides is 7. The van der Waals surface area contributed by atoms with E-state index in [0.717, 1.165) is 6.42 Å². The zero-order valence-corrected chi connectivity index (χ0v) is 11.0. The molecule has 0 heterocycles. The molecule has 0 saturated heterocycles. The lowest BCUT2D eigenvalue weighted by Crippen LogP contribution is -2.52. The Kier molecular flexibility index (Phi) is 4.97. The molecule has 0 amide bonds. The van der Waals surface area contributed by atoms with Gasteiger partial charge in [-0.05, 0) is 12.8 Å². The van der Waals surface area contributed by atoms with Crippen molar-refractivity contribution >= 4 is 15.9 Å². The summed E-state index contributed by atoms with van der Waals surface area (Å²) in [6.07, 6.45) is -12.2. The van der Waals surface area contributed by atoms with Crippen molar-refractivity contribution in [3.05, 3.63) is 0 Å². The quantitative estimate of drug-likeness (QED) is 0.538. The number of ether oxygens (including phenoxy) is 1. The van der Waals surface area contributed by atoms with Crippen LogP contribution in [0.2, 0.25) is 0 Å². The van der Waals surface area contributed by atoms with Crippen LogP contribution in [-0.4, -0.2) is 29.4 Å². The SMILES string of the molecule is FC(F)(F)C(OC1(CBr)CCCCC1)C(F)(F)F. The Labute approximate surface area is 109 Å². The van der Waals surface area contributed by atoms with Crippen molar-refractivity contribution < 1.29 is 31.1 Å². The molecular formula is C10H13BrF6O. The molecule has 0 aromatic rings. The predicted molar refractivity (Wildman–Crippen MR) is 56.6 cm³/mol. The molecule has 1 aliphatic carbocycles. The molecule has 1 rings (SSSR count). The molecule has 1 nitrogen and oxygen atoms in total. The minimum absolute atomic E-state index is 0.0251. The average Bonchev–Trinajstić information content (AvgIpc) is 2.24. The number of hydrogen-bond acceptors (Lipinski definition) is 1. The third-order valence-corrected chi connectivity index (χ3v) is 3.99. The maximum atomic E-state index is 12.4. The molecule has 0 aromatic carbocycles. The van der Waals surface area contributed by atoms with Gasteiger partial charge in [-0.25, -0.2) is 0 Å². The van der Waals surface area contributed by atoms with Gasteiger partial charge in [0.15, 0.2) is 0 Å². The first-order valence-electron chi connectivity index (χ1n) is 5.48. The molecule has 0 radical (unpaired) electrons. The zero-order valence-electron chi connectivity index (χ0n) is 9.37. The maximum Gasteiger partial charge on any atom is 0.423 e. The monoisotopic (exact) mass is 342 g/mol.